The normalized spacial score (nSPS) is 12.4. The lowest BCUT2D eigenvalue weighted by Crippen LogP contribution is -2.02. The first-order valence-electron chi connectivity index (χ1n) is 5.77. The number of rotatable bonds is 8. The number of unbranched alkanes of at least 4 members (excludes halogenated alkanes) is 4. The fraction of sp³-hybridized carbons (Fsp3) is 1.00. The van der Waals surface area contributed by atoms with E-state index in [2.05, 4.69) is 50.6 Å². The zero-order chi connectivity index (χ0) is 11.7. The topological polar surface area (TPSA) is 0 Å². The van der Waals surface area contributed by atoms with Gasteiger partial charge in [-0.25, -0.2) is 0 Å². The number of hydrogen-bond acceptors (Lipinski definition) is 0. The molecule has 0 radical (unpaired) electrons. The molecule has 0 aromatic rings. The summed E-state index contributed by atoms with van der Waals surface area (Å²) in [5.41, 5.74) is 0. The SMILES string of the molecule is CCCCCS(CCCCC)=P(S)(S)S. The molecule has 0 nitrogen and oxygen atoms in total. The minimum Gasteiger partial charge on any atom is -0.163 e. The second kappa shape index (κ2) is 9.82. The van der Waals surface area contributed by atoms with Crippen molar-refractivity contribution in [2.75, 3.05) is 11.5 Å². The van der Waals surface area contributed by atoms with E-state index < -0.39 is 3.64 Å². The van der Waals surface area contributed by atoms with Crippen LogP contribution in [0.15, 0.2) is 0 Å². The summed E-state index contributed by atoms with van der Waals surface area (Å²) in [4.78, 5) is 0. The van der Waals surface area contributed by atoms with E-state index in [4.69, 9.17) is 0 Å². The van der Waals surface area contributed by atoms with Crippen molar-refractivity contribution in [3.63, 3.8) is 0 Å². The molecule has 0 aliphatic carbocycles. The van der Waals surface area contributed by atoms with Crippen LogP contribution in [0.3, 0.4) is 0 Å². The molecule has 0 aliphatic heterocycles. The highest BCUT2D eigenvalue weighted by Crippen LogP contribution is 2.65. The van der Waals surface area contributed by atoms with Crippen molar-refractivity contribution >= 4 is 50.5 Å². The number of hydrogen-bond donors (Lipinski definition) is 3. The standard InChI is InChI=1S/C10H25PS4/c1-3-5-7-9-15(11(12,13)14)10-8-6-4-2/h12-14H,3-10H2,1-2H3. The Morgan fingerprint density at radius 2 is 1.20 bits per heavy atom. The van der Waals surface area contributed by atoms with E-state index in [1.165, 1.54) is 50.0 Å². The highest BCUT2D eigenvalue weighted by atomic mass is 33.5. The van der Waals surface area contributed by atoms with E-state index >= 15 is 0 Å². The maximum atomic E-state index is 4.61. The van der Waals surface area contributed by atoms with E-state index in [1.807, 2.05) is 0 Å². The van der Waals surface area contributed by atoms with Gasteiger partial charge in [0.2, 0.25) is 0 Å². The molecule has 0 saturated carbocycles. The van der Waals surface area contributed by atoms with E-state index in [0.717, 1.165) is 0 Å². The minimum atomic E-state index is -1.50. The van der Waals surface area contributed by atoms with Gasteiger partial charge in [-0.15, -0.1) is 36.7 Å². The zero-order valence-electron chi connectivity index (χ0n) is 9.85. The van der Waals surface area contributed by atoms with Crippen molar-refractivity contribution in [2.24, 2.45) is 0 Å². The van der Waals surface area contributed by atoms with Gasteiger partial charge >= 0.3 is 0 Å². The van der Waals surface area contributed by atoms with Gasteiger partial charge < -0.3 is 0 Å². The smallest absolute Gasteiger partial charge is 0.0620 e. The highest BCUT2D eigenvalue weighted by molar-refractivity contribution is 9.17. The molecule has 0 aromatic heterocycles. The molecule has 0 rings (SSSR count). The molecule has 94 valence electrons. The van der Waals surface area contributed by atoms with Crippen LogP contribution in [0.1, 0.15) is 52.4 Å². The van der Waals surface area contributed by atoms with Gasteiger partial charge in [0, 0.05) is 0 Å². The van der Waals surface area contributed by atoms with Crippen molar-refractivity contribution < 1.29 is 0 Å². The third-order valence-electron chi connectivity index (χ3n) is 2.31. The van der Waals surface area contributed by atoms with Gasteiger partial charge in [0.1, 0.15) is 0 Å². The van der Waals surface area contributed by atoms with E-state index in [1.54, 1.807) is 0 Å². The largest absolute Gasteiger partial charge is 0.163 e. The van der Waals surface area contributed by atoms with Crippen LogP contribution in [0, 0.1) is 0 Å². The number of thiol groups is 3. The molecule has 0 aromatic carbocycles. The van der Waals surface area contributed by atoms with Crippen molar-refractivity contribution in [1.82, 2.24) is 0 Å². The molecule has 0 bridgehead atoms. The van der Waals surface area contributed by atoms with Gasteiger partial charge in [-0.2, -0.15) is 10.1 Å². The first-order chi connectivity index (χ1) is 7.02. The Labute approximate surface area is 114 Å². The molecular weight excluding hydrogens is 279 g/mol. The molecule has 0 fully saturated rings. The summed E-state index contributed by atoms with van der Waals surface area (Å²) in [5.74, 6) is 2.59. The van der Waals surface area contributed by atoms with Gasteiger partial charge in [-0.3, -0.25) is 0 Å². The molecule has 0 aliphatic rings. The van der Waals surface area contributed by atoms with Crippen LogP contribution in [-0.2, 0) is 10.1 Å². The molecule has 0 amide bonds. The van der Waals surface area contributed by atoms with E-state index in [0.29, 0.717) is 10.1 Å². The summed E-state index contributed by atoms with van der Waals surface area (Å²) >= 11 is 13.8. The molecule has 0 saturated heterocycles. The lowest BCUT2D eigenvalue weighted by molar-refractivity contribution is 0.767. The average molecular weight is 305 g/mol. The van der Waals surface area contributed by atoms with E-state index in [-0.39, 0.29) is 0 Å². The molecular formula is C10H25PS4. The average Bonchev–Trinajstić information content (AvgIpc) is 2.14. The quantitative estimate of drug-likeness (QED) is 0.296. The molecule has 0 unspecified atom stereocenters. The Bertz CT molecular complexity index is 189. The van der Waals surface area contributed by atoms with Crippen molar-refractivity contribution in [1.29, 1.82) is 0 Å². The molecule has 0 N–H and O–H groups in total. The van der Waals surface area contributed by atoms with Gasteiger partial charge in [-0.1, -0.05) is 39.5 Å². The monoisotopic (exact) mass is 304 g/mol. The Kier molecular flexibility index (Phi) is 11.0. The first kappa shape index (κ1) is 16.8. The molecule has 0 spiro atoms. The maximum absolute atomic E-state index is 4.61. The van der Waals surface area contributed by atoms with Gasteiger partial charge in [0.05, 0.1) is 3.64 Å². The van der Waals surface area contributed by atoms with Crippen LogP contribution in [0.4, 0.5) is 0 Å². The Balaban J connectivity index is 4.10. The fourth-order valence-electron chi connectivity index (χ4n) is 1.38. The molecule has 5 heteroatoms. The third-order valence-corrected chi connectivity index (χ3v) is 13.9. The van der Waals surface area contributed by atoms with Crippen LogP contribution in [-0.4, -0.2) is 11.5 Å². The van der Waals surface area contributed by atoms with Crippen molar-refractivity contribution in [3.8, 4) is 0 Å². The van der Waals surface area contributed by atoms with Crippen LogP contribution in [0.25, 0.3) is 0 Å². The summed E-state index contributed by atoms with van der Waals surface area (Å²) in [6.07, 6.45) is 7.93. The van der Waals surface area contributed by atoms with Crippen LogP contribution < -0.4 is 0 Å². The lowest BCUT2D eigenvalue weighted by atomic mass is 10.3. The van der Waals surface area contributed by atoms with Crippen molar-refractivity contribution in [3.05, 3.63) is 0 Å². The third kappa shape index (κ3) is 9.52. The zero-order valence-corrected chi connectivity index (χ0v) is 14.2. The predicted octanol–water partition coefficient (Wildman–Crippen LogP) is 5.45. The maximum Gasteiger partial charge on any atom is 0.0620 e. The second-order valence-corrected chi connectivity index (χ2v) is 20.4. The molecule has 0 atom stereocenters. The molecule has 15 heavy (non-hydrogen) atoms. The Hall–Kier alpha value is 1.83. The van der Waals surface area contributed by atoms with Crippen LogP contribution in [0.2, 0.25) is 0 Å². The fourth-order valence-corrected chi connectivity index (χ4v) is 9.81. The highest BCUT2D eigenvalue weighted by Gasteiger charge is 2.07. The summed E-state index contributed by atoms with van der Waals surface area (Å²) in [7, 11) is 0.359. The van der Waals surface area contributed by atoms with Crippen molar-refractivity contribution in [2.45, 2.75) is 52.4 Å². The van der Waals surface area contributed by atoms with E-state index in [9.17, 15) is 0 Å². The van der Waals surface area contributed by atoms with Gasteiger partial charge in [0.25, 0.3) is 0 Å². The Morgan fingerprint density at radius 3 is 1.47 bits per heavy atom. The minimum absolute atomic E-state index is 0.359. The van der Waals surface area contributed by atoms with Crippen LogP contribution >= 0.6 is 40.4 Å². The predicted molar refractivity (Wildman–Crippen MR) is 90.0 cm³/mol. The first-order valence-corrected chi connectivity index (χ1v) is 13.2. The lowest BCUT2D eigenvalue weighted by Gasteiger charge is -2.17. The summed E-state index contributed by atoms with van der Waals surface area (Å²) < 4.78 is -1.50. The summed E-state index contributed by atoms with van der Waals surface area (Å²) in [6.45, 7) is 4.50. The van der Waals surface area contributed by atoms with Gasteiger partial charge in [-0.05, 0) is 24.3 Å². The van der Waals surface area contributed by atoms with Gasteiger partial charge in [0.15, 0.2) is 0 Å². The molecule has 0 heterocycles. The summed E-state index contributed by atoms with van der Waals surface area (Å²) in [5, 5.41) is 0. The second-order valence-electron chi connectivity index (χ2n) is 3.80. The summed E-state index contributed by atoms with van der Waals surface area (Å²) in [6, 6.07) is 0. The van der Waals surface area contributed by atoms with Crippen LogP contribution in [0.5, 0.6) is 0 Å². The Morgan fingerprint density at radius 1 is 0.800 bits per heavy atom.